The lowest BCUT2D eigenvalue weighted by Gasteiger charge is -2.61. The van der Waals surface area contributed by atoms with Gasteiger partial charge in [-0.1, -0.05) is 0 Å². The van der Waals surface area contributed by atoms with Gasteiger partial charge in [-0.2, -0.15) is 9.78 Å². The highest BCUT2D eigenvalue weighted by Gasteiger charge is 3.07. The molecule has 8 atom stereocenters. The van der Waals surface area contributed by atoms with Crippen LogP contribution in [0.25, 0.3) is 0 Å². The zero-order chi connectivity index (χ0) is 19.2. The van der Waals surface area contributed by atoms with E-state index in [1.165, 1.54) is 0 Å². The first-order valence-corrected chi connectivity index (χ1v) is 10.3. The zero-order valence-corrected chi connectivity index (χ0v) is 14.2. The summed E-state index contributed by atoms with van der Waals surface area (Å²) in [6.07, 6.45) is 0. The van der Waals surface area contributed by atoms with Gasteiger partial charge in [-0.05, 0) is 0 Å². The summed E-state index contributed by atoms with van der Waals surface area (Å²) in [5, 5.41) is 48.8. The molecule has 1 saturated carbocycles. The molecule has 0 aromatic carbocycles. The third-order valence-corrected chi connectivity index (χ3v) is 8.08. The molecule has 17 nitrogen and oxygen atoms in total. The van der Waals surface area contributed by atoms with E-state index in [0.29, 0.717) is 0 Å². The predicted molar refractivity (Wildman–Crippen MR) is 59.7 cm³/mol. The molecule has 0 aromatic rings. The van der Waals surface area contributed by atoms with Crippen LogP contribution in [-0.2, 0) is 55.5 Å². The van der Waals surface area contributed by atoms with Gasteiger partial charge in [0.1, 0.15) is 0 Å². The lowest BCUT2D eigenvalue weighted by Crippen LogP contribution is -2.95. The van der Waals surface area contributed by atoms with Crippen molar-refractivity contribution in [2.45, 2.75) is 34.3 Å². The summed E-state index contributed by atoms with van der Waals surface area (Å²) in [4.78, 5) is 8.53. The highest BCUT2D eigenvalue weighted by atomic mass is 31.2. The van der Waals surface area contributed by atoms with E-state index in [2.05, 4.69) is 37.2 Å². The molecule has 26 heavy (non-hydrogen) atoms. The van der Waals surface area contributed by atoms with Gasteiger partial charge in [-0.15, -0.1) is 9.35 Å². The van der Waals surface area contributed by atoms with E-state index in [4.69, 9.17) is 0 Å². The van der Waals surface area contributed by atoms with Gasteiger partial charge in [0.25, 0.3) is 16.9 Å². The second-order valence-corrected chi connectivity index (χ2v) is 9.68. The fraction of sp³-hybridized carbons (Fsp3) is 1.00. The molecular formula is C6H5O17P3. The van der Waals surface area contributed by atoms with Crippen LogP contribution in [0, 0.1) is 0 Å². The van der Waals surface area contributed by atoms with Crippen molar-refractivity contribution in [2.24, 2.45) is 0 Å². The Hall–Kier alpha value is -0.160. The van der Waals surface area contributed by atoms with Gasteiger partial charge in [-0.3, -0.25) is 0 Å². The van der Waals surface area contributed by atoms with Crippen LogP contribution >= 0.6 is 23.3 Å². The maximum atomic E-state index is 12.3. The Balaban J connectivity index is 1.93. The summed E-state index contributed by atoms with van der Waals surface area (Å²) < 4.78 is 73.6. The smallest absolute Gasteiger partial charge is 0.366 e. The monoisotopic (exact) mass is 442 g/mol. The SMILES string of the molecule is O=P(=O)[C@]1(O)[C@@]2(O)OOP3(=O)OO[C@]2(O3)[C@]2(O)OP3(=O)O[C@@]2(O)[C@@]1(O)O3. The number of phosphoric ester groups is 1. The number of hydrogen-bond acceptors (Lipinski definition) is 17. The summed E-state index contributed by atoms with van der Waals surface area (Å²) in [7, 11) is -14.8. The Morgan fingerprint density at radius 3 is 1.77 bits per heavy atom. The van der Waals surface area contributed by atoms with E-state index in [9.17, 15) is 43.8 Å². The molecule has 5 rings (SSSR count). The van der Waals surface area contributed by atoms with Gasteiger partial charge in [0, 0.05) is 0 Å². The Labute approximate surface area is 139 Å². The largest absolute Gasteiger partial charge is 0.532 e. The second kappa shape index (κ2) is 4.08. The minimum absolute atomic E-state index is 3.80. The predicted octanol–water partition coefficient (Wildman–Crippen LogP) is -2.45. The van der Waals surface area contributed by atoms with Crippen molar-refractivity contribution in [1.82, 2.24) is 0 Å². The minimum atomic E-state index is -5.21. The topological polar surface area (TPSA) is 243 Å². The van der Waals surface area contributed by atoms with Crippen LogP contribution in [0.4, 0.5) is 0 Å². The van der Waals surface area contributed by atoms with Crippen molar-refractivity contribution in [2.75, 3.05) is 0 Å². The van der Waals surface area contributed by atoms with E-state index in [-0.39, 0.29) is 0 Å². The molecule has 1 aliphatic carbocycles. The normalized spacial score (nSPS) is 68.0. The van der Waals surface area contributed by atoms with Crippen LogP contribution in [0.15, 0.2) is 0 Å². The molecule has 0 aromatic heterocycles. The third-order valence-electron chi connectivity index (χ3n) is 4.49. The highest BCUT2D eigenvalue weighted by Crippen LogP contribution is 2.86. The van der Waals surface area contributed by atoms with Gasteiger partial charge in [-0.25, -0.2) is 36.4 Å². The second-order valence-electron chi connectivity index (χ2n) is 5.70. The van der Waals surface area contributed by atoms with Crippen LogP contribution in [-0.4, -0.2) is 59.8 Å². The minimum Gasteiger partial charge on any atom is -0.366 e. The van der Waals surface area contributed by atoms with Crippen molar-refractivity contribution < 1.29 is 81.0 Å². The molecule has 5 fully saturated rings. The van der Waals surface area contributed by atoms with Gasteiger partial charge in [0.2, 0.25) is 0 Å². The molecule has 0 radical (unpaired) electrons. The van der Waals surface area contributed by atoms with E-state index < -0.39 is 57.6 Å². The lowest BCUT2D eigenvalue weighted by atomic mass is 9.71. The van der Waals surface area contributed by atoms with Crippen LogP contribution < -0.4 is 0 Å². The average Bonchev–Trinajstić information content (AvgIpc) is 3.03. The van der Waals surface area contributed by atoms with Gasteiger partial charge in [0.15, 0.2) is 0 Å². The summed E-state index contributed by atoms with van der Waals surface area (Å²) in [6.45, 7) is 0. The van der Waals surface area contributed by atoms with Gasteiger partial charge in [0.05, 0.1) is 0 Å². The van der Waals surface area contributed by atoms with E-state index in [1.54, 1.807) is 0 Å². The molecule has 5 aliphatic rings. The maximum Gasteiger partial charge on any atom is 0.532 e. The van der Waals surface area contributed by atoms with Crippen LogP contribution in [0.2, 0.25) is 0 Å². The lowest BCUT2D eigenvalue weighted by molar-refractivity contribution is -0.616. The maximum absolute atomic E-state index is 12.3. The number of aliphatic hydroxyl groups is 5. The number of fused-ring (bicyclic) bond motifs is 2. The first kappa shape index (κ1) is 17.9. The molecule has 4 heterocycles. The fourth-order valence-corrected chi connectivity index (χ4v) is 7.15. The molecule has 20 heteroatoms. The first-order valence-electron chi connectivity index (χ1n) is 6.23. The van der Waals surface area contributed by atoms with Crippen LogP contribution in [0.5, 0.6) is 0 Å². The highest BCUT2D eigenvalue weighted by molar-refractivity contribution is 7.49. The molecule has 0 amide bonds. The van der Waals surface area contributed by atoms with Crippen molar-refractivity contribution in [3.8, 4) is 0 Å². The Morgan fingerprint density at radius 2 is 1.19 bits per heavy atom. The Kier molecular flexibility index (Phi) is 2.81. The summed E-state index contributed by atoms with van der Waals surface area (Å²) in [6, 6.07) is 0. The molecule has 146 valence electrons. The number of hydrogen-bond donors (Lipinski definition) is 5. The Morgan fingerprint density at radius 1 is 0.654 bits per heavy atom. The number of rotatable bonds is 1. The van der Waals surface area contributed by atoms with Gasteiger partial charge < -0.3 is 25.5 Å². The first-order chi connectivity index (χ1) is 11.7. The summed E-state index contributed by atoms with van der Waals surface area (Å²) >= 11 is 0. The fourth-order valence-electron chi connectivity index (χ4n) is 3.30. The van der Waals surface area contributed by atoms with E-state index in [1.807, 2.05) is 0 Å². The van der Waals surface area contributed by atoms with Gasteiger partial charge >= 0.3 is 40.7 Å². The molecule has 1 spiro atoms. The van der Waals surface area contributed by atoms with Crippen molar-refractivity contribution in [3.63, 3.8) is 0 Å². The molecule has 4 aliphatic heterocycles. The van der Waals surface area contributed by atoms with Crippen molar-refractivity contribution in [3.05, 3.63) is 0 Å². The molecular weight excluding hydrogens is 437 g/mol. The molecule has 4 bridgehead atoms. The Bertz CT molecular complexity index is 921. The standard InChI is InChI=1S/C6H5O17P3/c7-1-2(8)5(11,24(12)13)4(10)6(17-23-26(15,21-6)22-16-4)3(1,9)20-25(14,18-1)19-2/h7-11H/t1-,2+,3+,4+,5-,6-,25?,26?/m0/s1. The average molecular weight is 442 g/mol. The van der Waals surface area contributed by atoms with Crippen molar-refractivity contribution >= 4 is 23.3 Å². The van der Waals surface area contributed by atoms with Crippen molar-refractivity contribution in [1.29, 1.82) is 0 Å². The zero-order valence-electron chi connectivity index (χ0n) is 11.5. The van der Waals surface area contributed by atoms with Crippen LogP contribution in [0.3, 0.4) is 0 Å². The summed E-state index contributed by atoms with van der Waals surface area (Å²) in [5.41, 5.74) is 0. The molecule has 2 unspecified atom stereocenters. The molecule has 5 N–H and O–H groups in total. The van der Waals surface area contributed by atoms with E-state index in [0.717, 1.165) is 0 Å². The quantitative estimate of drug-likeness (QED) is 0.209. The third kappa shape index (κ3) is 1.30. The van der Waals surface area contributed by atoms with Crippen LogP contribution in [0.1, 0.15) is 0 Å². The molecule has 4 saturated heterocycles. The summed E-state index contributed by atoms with van der Waals surface area (Å²) in [5.74, 6) is -19.9. The number of phosphoric acid groups is 2. The van der Waals surface area contributed by atoms with E-state index >= 15 is 0 Å².